The summed E-state index contributed by atoms with van der Waals surface area (Å²) in [5.74, 6) is -0.488. The van der Waals surface area contributed by atoms with Gasteiger partial charge in [-0.15, -0.1) is 11.3 Å². The van der Waals surface area contributed by atoms with Gasteiger partial charge >= 0.3 is 0 Å². The van der Waals surface area contributed by atoms with E-state index >= 15 is 0 Å². The summed E-state index contributed by atoms with van der Waals surface area (Å²) in [5.41, 5.74) is 1.37. The number of amides is 3. The van der Waals surface area contributed by atoms with Crippen LogP contribution in [0.25, 0.3) is 4.96 Å². The van der Waals surface area contributed by atoms with Crippen molar-refractivity contribution >= 4 is 45.6 Å². The van der Waals surface area contributed by atoms with Crippen molar-refractivity contribution in [2.75, 3.05) is 32.8 Å². The first kappa shape index (κ1) is 22.1. The fraction of sp³-hybridized carbons (Fsp3) is 0.333. The second-order valence-electron chi connectivity index (χ2n) is 7.28. The lowest BCUT2D eigenvalue weighted by molar-refractivity contribution is -0.121. The van der Waals surface area contributed by atoms with E-state index in [-0.39, 0.29) is 37.4 Å². The maximum absolute atomic E-state index is 13.3. The molecule has 0 aliphatic carbocycles. The number of hydrogen-bond acceptors (Lipinski definition) is 6. The molecule has 32 heavy (non-hydrogen) atoms. The SMILES string of the molecule is Cc1nc2sccn2c1C(=O)N1CCCNC(=O)c2cc(Cl)ccc2OCCNC(=O)C1. The lowest BCUT2D eigenvalue weighted by atomic mass is 10.2. The number of thiazole rings is 1. The van der Waals surface area contributed by atoms with Crippen LogP contribution in [-0.4, -0.2) is 64.8 Å². The Morgan fingerprint density at radius 3 is 2.94 bits per heavy atom. The number of imidazole rings is 1. The Hall–Kier alpha value is -3.11. The summed E-state index contributed by atoms with van der Waals surface area (Å²) in [6.45, 7) is 2.68. The van der Waals surface area contributed by atoms with Crippen LogP contribution in [0.2, 0.25) is 5.02 Å². The van der Waals surface area contributed by atoms with Gasteiger partial charge in [0.2, 0.25) is 5.91 Å². The van der Waals surface area contributed by atoms with Crippen molar-refractivity contribution in [3.8, 4) is 5.75 Å². The minimum Gasteiger partial charge on any atom is -0.491 e. The minimum absolute atomic E-state index is 0.101. The standard InChI is InChI=1S/C21H22ClN5O4S/c1-13-18(27-8-10-32-21(27)25-13)20(30)26-7-2-5-24-19(29)15-11-14(22)3-4-16(15)31-9-6-23-17(28)12-26/h3-4,8,10-11H,2,5-7,9,12H2,1H3,(H,23,28)(H,24,29). The first-order chi connectivity index (χ1) is 15.4. The maximum Gasteiger partial charge on any atom is 0.273 e. The first-order valence-electron chi connectivity index (χ1n) is 10.1. The van der Waals surface area contributed by atoms with Crippen molar-refractivity contribution in [3.05, 3.63) is 51.7 Å². The molecule has 0 saturated carbocycles. The Morgan fingerprint density at radius 2 is 2.09 bits per heavy atom. The highest BCUT2D eigenvalue weighted by Gasteiger charge is 2.25. The predicted octanol–water partition coefficient (Wildman–Crippen LogP) is 2.13. The van der Waals surface area contributed by atoms with E-state index < -0.39 is 0 Å². The van der Waals surface area contributed by atoms with E-state index in [4.69, 9.17) is 16.3 Å². The number of rotatable bonds is 1. The van der Waals surface area contributed by atoms with E-state index in [2.05, 4.69) is 15.6 Å². The van der Waals surface area contributed by atoms with E-state index in [0.717, 1.165) is 4.96 Å². The highest BCUT2D eigenvalue weighted by atomic mass is 35.5. The number of aryl methyl sites for hydroxylation is 1. The quantitative estimate of drug-likeness (QED) is 0.561. The molecule has 3 aromatic rings. The molecule has 4 rings (SSSR count). The zero-order valence-corrected chi connectivity index (χ0v) is 19.0. The van der Waals surface area contributed by atoms with Gasteiger partial charge in [-0.2, -0.15) is 0 Å². The largest absolute Gasteiger partial charge is 0.491 e. The topological polar surface area (TPSA) is 105 Å². The molecule has 1 aliphatic heterocycles. The summed E-state index contributed by atoms with van der Waals surface area (Å²) in [5, 5.41) is 7.87. The van der Waals surface area contributed by atoms with Crippen LogP contribution >= 0.6 is 22.9 Å². The van der Waals surface area contributed by atoms with Gasteiger partial charge in [0, 0.05) is 29.7 Å². The Bertz CT molecular complexity index is 1170. The maximum atomic E-state index is 13.3. The number of carbonyl (C=O) groups excluding carboxylic acids is 3. The Balaban J connectivity index is 1.53. The molecule has 0 saturated heterocycles. The normalized spacial score (nSPS) is 16.0. The molecule has 3 amide bonds. The van der Waals surface area contributed by atoms with Crippen LogP contribution in [0.15, 0.2) is 29.8 Å². The van der Waals surface area contributed by atoms with Gasteiger partial charge in [-0.05, 0) is 31.5 Å². The predicted molar refractivity (Wildman–Crippen MR) is 121 cm³/mol. The Kier molecular flexibility index (Phi) is 6.61. The number of nitrogens with zero attached hydrogens (tertiary/aromatic N) is 3. The number of carbonyl (C=O) groups is 3. The molecule has 9 nitrogen and oxygen atoms in total. The van der Waals surface area contributed by atoms with Gasteiger partial charge < -0.3 is 20.3 Å². The van der Waals surface area contributed by atoms with Crippen LogP contribution in [0.3, 0.4) is 0 Å². The number of benzene rings is 1. The van der Waals surface area contributed by atoms with Crippen molar-refractivity contribution in [3.63, 3.8) is 0 Å². The number of aromatic nitrogens is 2. The molecule has 0 atom stereocenters. The van der Waals surface area contributed by atoms with Gasteiger partial charge in [-0.1, -0.05) is 11.6 Å². The second kappa shape index (κ2) is 9.58. The highest BCUT2D eigenvalue weighted by molar-refractivity contribution is 7.15. The Morgan fingerprint density at radius 1 is 1.25 bits per heavy atom. The highest BCUT2D eigenvalue weighted by Crippen LogP contribution is 2.23. The van der Waals surface area contributed by atoms with Crippen molar-refractivity contribution in [1.29, 1.82) is 0 Å². The smallest absolute Gasteiger partial charge is 0.273 e. The molecule has 2 N–H and O–H groups in total. The molecule has 0 bridgehead atoms. The van der Waals surface area contributed by atoms with Gasteiger partial charge in [0.05, 0.1) is 24.3 Å². The van der Waals surface area contributed by atoms with Gasteiger partial charge in [0.15, 0.2) is 4.96 Å². The molecule has 3 heterocycles. The number of fused-ring (bicyclic) bond motifs is 2. The molecule has 1 aromatic carbocycles. The monoisotopic (exact) mass is 475 g/mol. The third-order valence-corrected chi connectivity index (χ3v) is 6.01. The van der Waals surface area contributed by atoms with Crippen LogP contribution in [0.5, 0.6) is 5.75 Å². The molecular weight excluding hydrogens is 454 g/mol. The molecule has 0 radical (unpaired) electrons. The minimum atomic E-state index is -0.312. The average Bonchev–Trinajstić information content (AvgIpc) is 3.33. The second-order valence-corrected chi connectivity index (χ2v) is 8.59. The third kappa shape index (κ3) is 4.71. The van der Waals surface area contributed by atoms with Crippen LogP contribution in [0.4, 0.5) is 0 Å². The van der Waals surface area contributed by atoms with E-state index in [1.165, 1.54) is 16.2 Å². The third-order valence-electron chi connectivity index (χ3n) is 5.02. The number of nitrogens with one attached hydrogen (secondary N) is 2. The van der Waals surface area contributed by atoms with E-state index in [1.54, 1.807) is 35.7 Å². The summed E-state index contributed by atoms with van der Waals surface area (Å²) in [7, 11) is 0. The molecular formula is C21H22ClN5O4S. The van der Waals surface area contributed by atoms with Gasteiger partial charge in [-0.3, -0.25) is 18.8 Å². The number of halogens is 1. The summed E-state index contributed by atoms with van der Waals surface area (Å²) in [6.07, 6.45) is 2.25. The molecule has 168 valence electrons. The molecule has 0 spiro atoms. The molecule has 0 unspecified atom stereocenters. The van der Waals surface area contributed by atoms with Crippen molar-refractivity contribution in [1.82, 2.24) is 24.9 Å². The average molecular weight is 476 g/mol. The summed E-state index contributed by atoms with van der Waals surface area (Å²) in [4.78, 5) is 45.1. The zero-order chi connectivity index (χ0) is 22.7. The van der Waals surface area contributed by atoms with Crippen LogP contribution in [0.1, 0.15) is 33.0 Å². The lowest BCUT2D eigenvalue weighted by Gasteiger charge is -2.23. The Labute approximate surface area is 193 Å². The van der Waals surface area contributed by atoms with Gasteiger partial charge in [0.1, 0.15) is 18.1 Å². The van der Waals surface area contributed by atoms with Crippen molar-refractivity contribution < 1.29 is 19.1 Å². The first-order valence-corrected chi connectivity index (χ1v) is 11.4. The van der Waals surface area contributed by atoms with Crippen molar-refractivity contribution in [2.45, 2.75) is 13.3 Å². The summed E-state index contributed by atoms with van der Waals surface area (Å²) in [6, 6.07) is 4.81. The number of hydrogen-bond donors (Lipinski definition) is 2. The van der Waals surface area contributed by atoms with Crippen molar-refractivity contribution in [2.24, 2.45) is 0 Å². The van der Waals surface area contributed by atoms with Gasteiger partial charge in [0.25, 0.3) is 11.8 Å². The van der Waals surface area contributed by atoms with E-state index in [0.29, 0.717) is 47.2 Å². The summed E-state index contributed by atoms with van der Waals surface area (Å²) >= 11 is 7.48. The molecule has 11 heteroatoms. The fourth-order valence-corrected chi connectivity index (χ4v) is 4.44. The fourth-order valence-electron chi connectivity index (χ4n) is 3.51. The molecule has 1 aliphatic rings. The molecule has 2 aromatic heterocycles. The lowest BCUT2D eigenvalue weighted by Crippen LogP contribution is -2.43. The van der Waals surface area contributed by atoms with Crippen LogP contribution < -0.4 is 15.4 Å². The zero-order valence-electron chi connectivity index (χ0n) is 17.4. The number of ether oxygens (including phenoxy) is 1. The van der Waals surface area contributed by atoms with Crippen LogP contribution in [0, 0.1) is 6.92 Å². The van der Waals surface area contributed by atoms with E-state index in [1.807, 2.05) is 5.38 Å². The summed E-state index contributed by atoms with van der Waals surface area (Å²) < 4.78 is 7.41. The van der Waals surface area contributed by atoms with E-state index in [9.17, 15) is 14.4 Å². The van der Waals surface area contributed by atoms with Crippen LogP contribution in [-0.2, 0) is 4.79 Å². The van der Waals surface area contributed by atoms with Gasteiger partial charge in [-0.25, -0.2) is 4.98 Å². The molecule has 0 fully saturated rings.